The van der Waals surface area contributed by atoms with Gasteiger partial charge in [-0.15, -0.1) is 0 Å². The number of aryl methyl sites for hydroxylation is 1. The van der Waals surface area contributed by atoms with E-state index in [1.807, 2.05) is 10.9 Å². The summed E-state index contributed by atoms with van der Waals surface area (Å²) in [5, 5.41) is 7.92. The van der Waals surface area contributed by atoms with Gasteiger partial charge in [0.25, 0.3) is 0 Å². The zero-order valence-electron chi connectivity index (χ0n) is 13.0. The Morgan fingerprint density at radius 3 is 2.77 bits per heavy atom. The van der Waals surface area contributed by atoms with Gasteiger partial charge in [-0.05, 0) is 32.6 Å². The maximum Gasteiger partial charge on any atom is 0.232 e. The smallest absolute Gasteiger partial charge is 0.232 e. The first-order valence-electron chi connectivity index (χ1n) is 8.01. The van der Waals surface area contributed by atoms with Gasteiger partial charge in [0.1, 0.15) is 6.10 Å². The summed E-state index contributed by atoms with van der Waals surface area (Å²) in [6.07, 6.45) is 13.7. The van der Waals surface area contributed by atoms with E-state index in [0.29, 0.717) is 11.9 Å². The fourth-order valence-corrected chi connectivity index (χ4v) is 2.83. The minimum atomic E-state index is 0.262. The average Bonchev–Trinajstić information content (AvgIpc) is 3.03. The molecule has 2 heterocycles. The van der Waals surface area contributed by atoms with Crippen LogP contribution in [0, 0.1) is 0 Å². The molecule has 0 aliphatic heterocycles. The van der Waals surface area contributed by atoms with E-state index in [1.54, 1.807) is 18.6 Å². The molecule has 3 rings (SSSR count). The predicted octanol–water partition coefficient (Wildman–Crippen LogP) is 2.17. The van der Waals surface area contributed by atoms with Gasteiger partial charge >= 0.3 is 0 Å². The van der Waals surface area contributed by atoms with Crippen LogP contribution in [0.4, 0.5) is 0 Å². The lowest BCUT2D eigenvalue weighted by molar-refractivity contribution is 0.133. The molecule has 1 aliphatic rings. The van der Waals surface area contributed by atoms with E-state index in [2.05, 4.69) is 33.5 Å². The number of hydrogen-bond donors (Lipinski definition) is 1. The second-order valence-electron chi connectivity index (χ2n) is 5.72. The van der Waals surface area contributed by atoms with Crippen LogP contribution in [0.1, 0.15) is 38.2 Å². The topological polar surface area (TPSA) is 64.9 Å². The molecule has 22 heavy (non-hydrogen) atoms. The minimum absolute atomic E-state index is 0.262. The number of aromatic nitrogens is 4. The third-order valence-electron chi connectivity index (χ3n) is 4.11. The van der Waals surface area contributed by atoms with Crippen molar-refractivity contribution in [1.82, 2.24) is 25.1 Å². The van der Waals surface area contributed by atoms with Crippen LogP contribution in [0.5, 0.6) is 5.88 Å². The molecule has 2 aromatic rings. The second-order valence-corrected chi connectivity index (χ2v) is 5.72. The van der Waals surface area contributed by atoms with Gasteiger partial charge < -0.3 is 10.1 Å². The molecule has 6 nitrogen and oxygen atoms in total. The molecule has 6 heteroatoms. The van der Waals surface area contributed by atoms with Gasteiger partial charge in [-0.1, -0.05) is 0 Å². The zero-order valence-corrected chi connectivity index (χ0v) is 13.0. The van der Waals surface area contributed by atoms with Gasteiger partial charge in [0.2, 0.25) is 5.88 Å². The highest BCUT2D eigenvalue weighted by Gasteiger charge is 2.22. The molecule has 0 spiro atoms. The van der Waals surface area contributed by atoms with E-state index in [0.717, 1.165) is 38.8 Å². The Morgan fingerprint density at radius 1 is 1.23 bits per heavy atom. The quantitative estimate of drug-likeness (QED) is 0.886. The van der Waals surface area contributed by atoms with E-state index >= 15 is 0 Å². The number of ether oxygens (including phenoxy) is 1. The van der Waals surface area contributed by atoms with Crippen LogP contribution in [0.15, 0.2) is 31.0 Å². The van der Waals surface area contributed by atoms with Crippen LogP contribution in [-0.2, 0) is 13.1 Å². The van der Waals surface area contributed by atoms with Crippen molar-refractivity contribution in [3.05, 3.63) is 36.5 Å². The van der Waals surface area contributed by atoms with E-state index < -0.39 is 0 Å². The number of nitrogens with zero attached hydrogens (tertiary/aromatic N) is 4. The molecule has 0 saturated heterocycles. The molecule has 1 fully saturated rings. The van der Waals surface area contributed by atoms with Crippen LogP contribution in [0.3, 0.4) is 0 Å². The predicted molar refractivity (Wildman–Crippen MR) is 83.4 cm³/mol. The Hall–Kier alpha value is -1.95. The molecule has 0 aromatic carbocycles. The molecule has 1 N–H and O–H groups in total. The number of nitrogens with one attached hydrogen (secondary N) is 1. The Kier molecular flexibility index (Phi) is 5.00. The third-order valence-corrected chi connectivity index (χ3v) is 4.11. The van der Waals surface area contributed by atoms with Crippen molar-refractivity contribution in [2.24, 2.45) is 0 Å². The lowest BCUT2D eigenvalue weighted by Crippen LogP contribution is -2.36. The molecule has 0 atom stereocenters. The standard InChI is InChI=1S/C16H23N5O/c1-2-21-12-13(10-20-21)9-19-14-3-5-15(6-4-14)22-16-11-17-7-8-18-16/h7-8,10-12,14-15,19H,2-6,9H2,1H3. The van der Waals surface area contributed by atoms with Gasteiger partial charge in [0, 0.05) is 43.3 Å². The average molecular weight is 301 g/mol. The van der Waals surface area contributed by atoms with Crippen LogP contribution in [-0.4, -0.2) is 31.9 Å². The lowest BCUT2D eigenvalue weighted by Gasteiger charge is -2.29. The Labute approximate surface area is 130 Å². The van der Waals surface area contributed by atoms with Crippen LogP contribution < -0.4 is 10.1 Å². The molecular formula is C16H23N5O. The minimum Gasteiger partial charge on any atom is -0.473 e. The van der Waals surface area contributed by atoms with Crippen LogP contribution in [0.25, 0.3) is 0 Å². The van der Waals surface area contributed by atoms with E-state index in [9.17, 15) is 0 Å². The molecule has 1 saturated carbocycles. The fourth-order valence-electron chi connectivity index (χ4n) is 2.83. The first kappa shape index (κ1) is 15.0. The summed E-state index contributed by atoms with van der Waals surface area (Å²) in [6.45, 7) is 3.91. The summed E-state index contributed by atoms with van der Waals surface area (Å²) in [5.41, 5.74) is 1.25. The Bertz CT molecular complexity index is 563. The number of hydrogen-bond acceptors (Lipinski definition) is 5. The van der Waals surface area contributed by atoms with Crippen molar-refractivity contribution in [2.75, 3.05) is 0 Å². The highest BCUT2D eigenvalue weighted by Crippen LogP contribution is 2.22. The largest absolute Gasteiger partial charge is 0.473 e. The summed E-state index contributed by atoms with van der Waals surface area (Å²) in [5.74, 6) is 0.630. The number of rotatable bonds is 6. The van der Waals surface area contributed by atoms with Gasteiger partial charge in [0.05, 0.1) is 12.4 Å². The molecule has 2 aromatic heterocycles. The Morgan fingerprint density at radius 2 is 2.09 bits per heavy atom. The molecular weight excluding hydrogens is 278 g/mol. The Balaban J connectivity index is 1.40. The molecule has 0 unspecified atom stereocenters. The van der Waals surface area contributed by atoms with Crippen molar-refractivity contribution in [2.45, 2.75) is 57.8 Å². The second kappa shape index (κ2) is 7.35. The van der Waals surface area contributed by atoms with E-state index in [-0.39, 0.29) is 6.10 Å². The fraction of sp³-hybridized carbons (Fsp3) is 0.562. The highest BCUT2D eigenvalue weighted by atomic mass is 16.5. The van der Waals surface area contributed by atoms with E-state index in [1.165, 1.54) is 5.56 Å². The van der Waals surface area contributed by atoms with Crippen molar-refractivity contribution in [3.8, 4) is 5.88 Å². The zero-order chi connectivity index (χ0) is 15.2. The normalized spacial score (nSPS) is 21.7. The monoisotopic (exact) mass is 301 g/mol. The van der Waals surface area contributed by atoms with Crippen molar-refractivity contribution in [1.29, 1.82) is 0 Å². The van der Waals surface area contributed by atoms with Gasteiger partial charge in [0.15, 0.2) is 0 Å². The SMILES string of the molecule is CCn1cc(CNC2CCC(Oc3cnccn3)CC2)cn1. The van der Waals surface area contributed by atoms with Crippen molar-refractivity contribution in [3.63, 3.8) is 0 Å². The van der Waals surface area contributed by atoms with E-state index in [4.69, 9.17) is 4.74 Å². The third kappa shape index (κ3) is 4.04. The maximum absolute atomic E-state index is 5.87. The maximum atomic E-state index is 5.87. The summed E-state index contributed by atoms with van der Waals surface area (Å²) in [4.78, 5) is 8.20. The molecule has 1 aliphatic carbocycles. The first-order chi connectivity index (χ1) is 10.8. The van der Waals surface area contributed by atoms with Crippen molar-refractivity contribution < 1.29 is 4.74 Å². The van der Waals surface area contributed by atoms with Crippen molar-refractivity contribution >= 4 is 0 Å². The molecule has 0 bridgehead atoms. The highest BCUT2D eigenvalue weighted by molar-refractivity contribution is 5.04. The molecule has 0 radical (unpaired) electrons. The lowest BCUT2D eigenvalue weighted by atomic mass is 9.93. The summed E-state index contributed by atoms with van der Waals surface area (Å²) in [7, 11) is 0. The molecule has 118 valence electrons. The van der Waals surface area contributed by atoms with Gasteiger partial charge in [-0.2, -0.15) is 5.10 Å². The molecule has 0 amide bonds. The van der Waals surface area contributed by atoms with Gasteiger partial charge in [-0.3, -0.25) is 9.67 Å². The first-order valence-corrected chi connectivity index (χ1v) is 8.01. The summed E-state index contributed by atoms with van der Waals surface area (Å²) in [6, 6.07) is 0.562. The summed E-state index contributed by atoms with van der Waals surface area (Å²) < 4.78 is 7.83. The summed E-state index contributed by atoms with van der Waals surface area (Å²) >= 11 is 0. The van der Waals surface area contributed by atoms with Crippen LogP contribution in [0.2, 0.25) is 0 Å². The van der Waals surface area contributed by atoms with Gasteiger partial charge in [-0.25, -0.2) is 4.98 Å². The van der Waals surface area contributed by atoms with Crippen LogP contribution >= 0.6 is 0 Å².